The van der Waals surface area contributed by atoms with Crippen LogP contribution in [-0.4, -0.2) is 34.1 Å². The van der Waals surface area contributed by atoms with E-state index in [1.165, 1.54) is 31.0 Å². The van der Waals surface area contributed by atoms with Gasteiger partial charge in [-0.3, -0.25) is 14.7 Å². The Bertz CT molecular complexity index is 1030. The van der Waals surface area contributed by atoms with E-state index in [0.29, 0.717) is 17.1 Å². The van der Waals surface area contributed by atoms with Crippen molar-refractivity contribution in [2.75, 3.05) is 19.5 Å². The second-order valence-electron chi connectivity index (χ2n) is 6.18. The van der Waals surface area contributed by atoms with E-state index in [4.69, 9.17) is 9.05 Å². The molecule has 1 N–H and O–H groups in total. The highest BCUT2D eigenvalue weighted by Crippen LogP contribution is 2.59. The van der Waals surface area contributed by atoms with Gasteiger partial charge in [-0.05, 0) is 31.2 Å². The van der Waals surface area contributed by atoms with E-state index in [0.717, 1.165) is 5.56 Å². The number of nitrogens with zero attached hydrogens (tertiary/aromatic N) is 4. The minimum atomic E-state index is -3.61. The van der Waals surface area contributed by atoms with Gasteiger partial charge in [0.25, 0.3) is 5.69 Å². The van der Waals surface area contributed by atoms with Crippen molar-refractivity contribution in [3.8, 4) is 5.69 Å². The summed E-state index contributed by atoms with van der Waals surface area (Å²) in [6.07, 6.45) is 1.57. The maximum atomic E-state index is 13.1. The van der Waals surface area contributed by atoms with Crippen LogP contribution in [0.5, 0.6) is 0 Å². The summed E-state index contributed by atoms with van der Waals surface area (Å²) >= 11 is 0. The third-order valence-electron chi connectivity index (χ3n) is 4.30. The number of aryl methyl sites for hydroxylation is 1. The molecule has 0 aliphatic carbocycles. The molecule has 1 heterocycles. The van der Waals surface area contributed by atoms with Gasteiger partial charge in [0, 0.05) is 32.0 Å². The summed E-state index contributed by atoms with van der Waals surface area (Å²) in [4.78, 5) is 10.3. The van der Waals surface area contributed by atoms with Gasteiger partial charge in [0.15, 0.2) is 5.78 Å². The normalized spacial score (nSPS) is 12.5. The minimum Gasteiger partial charge on any atom is -0.367 e. The molecule has 0 radical (unpaired) electrons. The molecule has 0 bridgehead atoms. The maximum absolute atomic E-state index is 13.1. The zero-order chi connectivity index (χ0) is 21.0. The maximum Gasteiger partial charge on any atom is 0.358 e. The molecule has 29 heavy (non-hydrogen) atoms. The lowest BCUT2D eigenvalue weighted by Gasteiger charge is -2.24. The highest BCUT2D eigenvalue weighted by molar-refractivity contribution is 7.54. The predicted molar refractivity (Wildman–Crippen MR) is 107 cm³/mol. The monoisotopic (exact) mass is 417 g/mol. The Kier molecular flexibility index (Phi) is 6.07. The van der Waals surface area contributed by atoms with Crippen molar-refractivity contribution in [3.05, 3.63) is 76.1 Å². The lowest BCUT2D eigenvalue weighted by molar-refractivity contribution is -0.384. The lowest BCUT2D eigenvalue weighted by atomic mass is 10.2. The van der Waals surface area contributed by atoms with Crippen molar-refractivity contribution in [1.29, 1.82) is 0 Å². The van der Waals surface area contributed by atoms with Crippen molar-refractivity contribution in [1.82, 2.24) is 15.0 Å². The van der Waals surface area contributed by atoms with Crippen LogP contribution in [0.15, 0.2) is 54.7 Å². The van der Waals surface area contributed by atoms with Gasteiger partial charge in [0.05, 0.1) is 16.8 Å². The van der Waals surface area contributed by atoms with Crippen molar-refractivity contribution >= 4 is 19.0 Å². The van der Waals surface area contributed by atoms with Crippen molar-refractivity contribution in [2.24, 2.45) is 0 Å². The summed E-state index contributed by atoms with van der Waals surface area (Å²) in [7, 11) is -1.01. The van der Waals surface area contributed by atoms with Gasteiger partial charge in [0.2, 0.25) is 0 Å². The number of aromatic nitrogens is 3. The van der Waals surface area contributed by atoms with Gasteiger partial charge in [0.1, 0.15) is 5.69 Å². The van der Waals surface area contributed by atoms with Gasteiger partial charge >= 0.3 is 7.60 Å². The third kappa shape index (κ3) is 4.51. The Labute approximate surface area is 167 Å². The van der Waals surface area contributed by atoms with E-state index < -0.39 is 18.3 Å². The van der Waals surface area contributed by atoms with Crippen molar-refractivity contribution in [2.45, 2.75) is 12.7 Å². The lowest BCUT2D eigenvalue weighted by Crippen LogP contribution is -2.14. The molecule has 0 saturated carbocycles. The molecule has 0 spiro atoms. The molecule has 2 aromatic carbocycles. The number of benzene rings is 2. The summed E-state index contributed by atoms with van der Waals surface area (Å²) in [6, 6.07) is 13.4. The first-order chi connectivity index (χ1) is 13.9. The van der Waals surface area contributed by atoms with Crippen molar-refractivity contribution < 1.29 is 18.5 Å². The van der Waals surface area contributed by atoms with E-state index in [9.17, 15) is 14.7 Å². The molecule has 1 unspecified atom stereocenters. The second kappa shape index (κ2) is 8.52. The number of hydrogen-bond acceptors (Lipinski definition) is 8. The first-order valence-corrected chi connectivity index (χ1v) is 10.2. The van der Waals surface area contributed by atoms with Gasteiger partial charge in [-0.15, -0.1) is 5.10 Å². The second-order valence-corrected chi connectivity index (χ2v) is 8.51. The zero-order valence-electron chi connectivity index (χ0n) is 16.1. The molecule has 0 saturated heterocycles. The van der Waals surface area contributed by atoms with E-state index in [2.05, 4.69) is 15.6 Å². The fourth-order valence-electron chi connectivity index (χ4n) is 2.66. The quantitative estimate of drug-likeness (QED) is 0.331. The van der Waals surface area contributed by atoms with Gasteiger partial charge in [-0.25, -0.2) is 4.68 Å². The summed E-state index contributed by atoms with van der Waals surface area (Å²) < 4.78 is 24.9. The molecule has 0 fully saturated rings. The molecule has 11 heteroatoms. The number of nitro groups is 1. The number of non-ortho nitro benzene ring substituents is 1. The highest BCUT2D eigenvalue weighted by Gasteiger charge is 2.38. The average molecular weight is 417 g/mol. The van der Waals surface area contributed by atoms with Crippen LogP contribution in [0.3, 0.4) is 0 Å². The molecule has 0 aliphatic heterocycles. The largest absolute Gasteiger partial charge is 0.367 e. The van der Waals surface area contributed by atoms with Crippen LogP contribution >= 0.6 is 7.60 Å². The Morgan fingerprint density at radius 1 is 1.10 bits per heavy atom. The topological polar surface area (TPSA) is 121 Å². The van der Waals surface area contributed by atoms with E-state index >= 15 is 0 Å². The molecule has 0 amide bonds. The highest BCUT2D eigenvalue weighted by atomic mass is 31.2. The first kappa shape index (κ1) is 20.7. The number of rotatable bonds is 8. The number of nitro benzene ring substituents is 1. The molecular weight excluding hydrogens is 397 g/mol. The Morgan fingerprint density at radius 2 is 1.72 bits per heavy atom. The molecule has 3 rings (SSSR count). The molecule has 10 nitrogen and oxygen atoms in total. The van der Waals surface area contributed by atoms with Gasteiger partial charge in [-0.1, -0.05) is 22.9 Å². The van der Waals surface area contributed by atoms with E-state index in [-0.39, 0.29) is 5.69 Å². The summed E-state index contributed by atoms with van der Waals surface area (Å²) in [5.74, 6) is -0.910. The van der Waals surface area contributed by atoms with Crippen molar-refractivity contribution in [3.63, 3.8) is 0 Å². The smallest absolute Gasteiger partial charge is 0.358 e. The molecule has 0 aliphatic rings. The SMILES string of the molecule is COP(=O)(OC)C(Nc1ccc(C)cc1)c1cn(-c2ccc([N+](=O)[O-])cc2)nn1. The van der Waals surface area contributed by atoms with Crippen LogP contribution in [0.25, 0.3) is 5.69 Å². The summed E-state index contributed by atoms with van der Waals surface area (Å²) in [6.45, 7) is 1.96. The van der Waals surface area contributed by atoms with Crippen LogP contribution in [0.1, 0.15) is 17.0 Å². The van der Waals surface area contributed by atoms with Crippen LogP contribution in [-0.2, 0) is 13.6 Å². The third-order valence-corrected chi connectivity index (χ3v) is 6.34. The molecular formula is C18H20N5O5P. The number of hydrogen-bond donors (Lipinski definition) is 1. The standard InChI is InChI=1S/C18H20N5O5P/c1-13-4-6-14(7-5-13)19-18(29(26,27-2)28-3)17-12-22(21-20-17)15-8-10-16(11-9-15)23(24)25/h4-12,18-19H,1-3H3. The van der Waals surface area contributed by atoms with Crippen LogP contribution < -0.4 is 5.32 Å². The minimum absolute atomic E-state index is 0.0312. The van der Waals surface area contributed by atoms with Crippen LogP contribution in [0.2, 0.25) is 0 Å². The number of anilines is 1. The van der Waals surface area contributed by atoms with Gasteiger partial charge in [-0.2, -0.15) is 0 Å². The fraction of sp³-hybridized carbons (Fsp3) is 0.222. The first-order valence-electron chi connectivity index (χ1n) is 8.58. The Balaban J connectivity index is 1.95. The molecule has 1 atom stereocenters. The predicted octanol–water partition coefficient (Wildman–Crippen LogP) is 4.08. The molecule has 152 valence electrons. The van der Waals surface area contributed by atoms with Gasteiger partial charge < -0.3 is 14.4 Å². The average Bonchev–Trinajstić information content (AvgIpc) is 3.22. The summed E-state index contributed by atoms with van der Waals surface area (Å²) in [5.41, 5.74) is 2.65. The molecule has 3 aromatic rings. The van der Waals surface area contributed by atoms with E-state index in [1.54, 1.807) is 18.3 Å². The Morgan fingerprint density at radius 3 is 2.28 bits per heavy atom. The zero-order valence-corrected chi connectivity index (χ0v) is 16.9. The molecule has 1 aromatic heterocycles. The van der Waals surface area contributed by atoms with E-state index in [1.807, 2.05) is 31.2 Å². The fourth-order valence-corrected chi connectivity index (χ4v) is 3.98. The number of nitrogens with one attached hydrogen (secondary N) is 1. The van der Waals surface area contributed by atoms with Crippen LogP contribution in [0.4, 0.5) is 11.4 Å². The summed E-state index contributed by atoms with van der Waals surface area (Å²) in [5, 5.41) is 22.1. The van der Waals surface area contributed by atoms with Crippen LogP contribution in [0, 0.1) is 17.0 Å². The Hall–Kier alpha value is -3.07.